The number of hydrogen-bond donors (Lipinski definition) is 2. The molecule has 0 saturated carbocycles. The molecule has 0 atom stereocenters. The molecule has 7 nitrogen and oxygen atoms in total. The van der Waals surface area contributed by atoms with Crippen LogP contribution in [0, 0.1) is 19.8 Å². The van der Waals surface area contributed by atoms with Crippen molar-refractivity contribution in [3.63, 3.8) is 0 Å². The van der Waals surface area contributed by atoms with E-state index in [1.54, 1.807) is 23.1 Å². The maximum absolute atomic E-state index is 12.2. The highest BCUT2D eigenvalue weighted by Crippen LogP contribution is 2.19. The van der Waals surface area contributed by atoms with Gasteiger partial charge in [0.15, 0.2) is 0 Å². The number of nitrogens with one attached hydrogen (secondary N) is 2. The minimum absolute atomic E-state index is 0.212. The van der Waals surface area contributed by atoms with Crippen LogP contribution in [-0.2, 0) is 9.59 Å². The van der Waals surface area contributed by atoms with E-state index in [2.05, 4.69) is 10.6 Å². The maximum atomic E-state index is 12.2. The Labute approximate surface area is 176 Å². The molecule has 7 heteroatoms. The van der Waals surface area contributed by atoms with Crippen LogP contribution in [0.4, 0.5) is 10.5 Å². The molecule has 1 heterocycles. The summed E-state index contributed by atoms with van der Waals surface area (Å²) in [6.45, 7) is 5.37. The van der Waals surface area contributed by atoms with Gasteiger partial charge in [0, 0.05) is 25.3 Å². The van der Waals surface area contributed by atoms with Gasteiger partial charge in [-0.2, -0.15) is 0 Å². The summed E-state index contributed by atoms with van der Waals surface area (Å²) in [6, 6.07) is 14.6. The lowest BCUT2D eigenvalue weighted by atomic mass is 9.97. The molecule has 2 aromatic rings. The molecule has 2 N–H and O–H groups in total. The van der Waals surface area contributed by atoms with Gasteiger partial charge in [-0.15, -0.1) is 0 Å². The number of hydrogen-bond acceptors (Lipinski definition) is 4. The summed E-state index contributed by atoms with van der Waals surface area (Å²) in [6.07, 6.45) is 1.11. The molecule has 3 amide bonds. The molecule has 0 aliphatic carbocycles. The average Bonchev–Trinajstić information content (AvgIpc) is 2.75. The third kappa shape index (κ3) is 5.83. The largest absolute Gasteiger partial charge is 0.415 e. The van der Waals surface area contributed by atoms with Crippen molar-refractivity contribution < 1.29 is 19.1 Å². The molecule has 158 valence electrons. The number of ether oxygens (including phenoxy) is 1. The number of carbonyl (C=O) groups excluding carboxylic acids is 3. The molecule has 1 aliphatic rings. The highest BCUT2D eigenvalue weighted by molar-refractivity contribution is 6.39. The molecule has 0 radical (unpaired) electrons. The van der Waals surface area contributed by atoms with Crippen molar-refractivity contribution in [1.29, 1.82) is 0 Å². The summed E-state index contributed by atoms with van der Waals surface area (Å²) in [5.41, 5.74) is 2.63. The third-order valence-electron chi connectivity index (χ3n) is 5.21. The SMILES string of the molecule is Cc1ccc(NC(=O)C(=O)NCC2CCN(C(=O)Oc3ccccc3)CC2)c(C)c1. The fourth-order valence-corrected chi connectivity index (χ4v) is 3.42. The Kier molecular flexibility index (Phi) is 7.06. The zero-order valence-corrected chi connectivity index (χ0v) is 17.3. The highest BCUT2D eigenvalue weighted by atomic mass is 16.6. The Hall–Kier alpha value is -3.35. The van der Waals surface area contributed by atoms with Crippen LogP contribution in [0.3, 0.4) is 0 Å². The van der Waals surface area contributed by atoms with Gasteiger partial charge in [0.25, 0.3) is 0 Å². The van der Waals surface area contributed by atoms with Gasteiger partial charge in [-0.25, -0.2) is 4.79 Å². The van der Waals surface area contributed by atoms with Crippen LogP contribution in [-0.4, -0.2) is 42.4 Å². The van der Waals surface area contributed by atoms with Crippen molar-refractivity contribution in [2.45, 2.75) is 26.7 Å². The predicted octanol–water partition coefficient (Wildman–Crippen LogP) is 3.27. The first-order valence-electron chi connectivity index (χ1n) is 10.1. The summed E-state index contributed by atoms with van der Waals surface area (Å²) >= 11 is 0. The second-order valence-corrected chi connectivity index (χ2v) is 7.59. The molecule has 30 heavy (non-hydrogen) atoms. The number of benzene rings is 2. The summed E-state index contributed by atoms with van der Waals surface area (Å²) in [5.74, 6) is -0.595. The smallest absolute Gasteiger partial charge is 0.410 e. The normalized spacial score (nSPS) is 14.1. The van der Waals surface area contributed by atoms with Gasteiger partial charge < -0.3 is 20.3 Å². The Morgan fingerprint density at radius 3 is 2.37 bits per heavy atom. The monoisotopic (exact) mass is 409 g/mol. The van der Waals surface area contributed by atoms with Gasteiger partial charge in [0.2, 0.25) is 0 Å². The van der Waals surface area contributed by atoms with E-state index in [9.17, 15) is 14.4 Å². The average molecular weight is 409 g/mol. The zero-order chi connectivity index (χ0) is 21.5. The number of rotatable bonds is 4. The summed E-state index contributed by atoms with van der Waals surface area (Å²) in [7, 11) is 0. The van der Waals surface area contributed by atoms with Gasteiger partial charge >= 0.3 is 17.9 Å². The number of amides is 3. The molecule has 0 spiro atoms. The van der Waals surface area contributed by atoms with Crippen molar-refractivity contribution in [2.24, 2.45) is 5.92 Å². The molecule has 0 unspecified atom stereocenters. The first kappa shape index (κ1) is 21.4. The van der Waals surface area contributed by atoms with Gasteiger partial charge in [-0.3, -0.25) is 9.59 Å². The van der Waals surface area contributed by atoms with Gasteiger partial charge in [0.1, 0.15) is 5.75 Å². The number of nitrogens with zero attached hydrogens (tertiary/aromatic N) is 1. The van der Waals surface area contributed by atoms with Crippen LogP contribution in [0.25, 0.3) is 0 Å². The molecule has 1 fully saturated rings. The minimum Gasteiger partial charge on any atom is -0.410 e. The zero-order valence-electron chi connectivity index (χ0n) is 17.3. The molecule has 0 bridgehead atoms. The molecule has 3 rings (SSSR count). The maximum Gasteiger partial charge on any atom is 0.415 e. The van der Waals surface area contributed by atoms with Crippen molar-refractivity contribution in [2.75, 3.05) is 25.0 Å². The Morgan fingerprint density at radius 2 is 1.70 bits per heavy atom. The predicted molar refractivity (Wildman–Crippen MR) is 114 cm³/mol. The van der Waals surface area contributed by atoms with Crippen molar-refractivity contribution in [3.05, 3.63) is 59.7 Å². The second kappa shape index (κ2) is 9.91. The second-order valence-electron chi connectivity index (χ2n) is 7.59. The minimum atomic E-state index is -0.675. The van der Waals surface area contributed by atoms with Crippen molar-refractivity contribution in [1.82, 2.24) is 10.2 Å². The van der Waals surface area contributed by atoms with Gasteiger partial charge in [-0.05, 0) is 56.4 Å². The fraction of sp³-hybridized carbons (Fsp3) is 0.348. The van der Waals surface area contributed by atoms with Crippen LogP contribution >= 0.6 is 0 Å². The summed E-state index contributed by atoms with van der Waals surface area (Å²) < 4.78 is 5.36. The first-order valence-corrected chi connectivity index (χ1v) is 10.1. The first-order chi connectivity index (χ1) is 14.4. The van der Waals surface area contributed by atoms with E-state index < -0.39 is 11.8 Å². The number of likely N-dealkylation sites (tertiary alicyclic amines) is 1. The third-order valence-corrected chi connectivity index (χ3v) is 5.21. The number of para-hydroxylation sites is 1. The van der Waals surface area contributed by atoms with Crippen LogP contribution in [0.2, 0.25) is 0 Å². The van der Waals surface area contributed by atoms with Crippen LogP contribution in [0.1, 0.15) is 24.0 Å². The van der Waals surface area contributed by atoms with Gasteiger partial charge in [0.05, 0.1) is 0 Å². The molecule has 2 aromatic carbocycles. The lowest BCUT2D eigenvalue weighted by Gasteiger charge is -2.31. The van der Waals surface area contributed by atoms with E-state index in [1.807, 2.05) is 44.2 Å². The van der Waals surface area contributed by atoms with E-state index >= 15 is 0 Å². The molecular formula is C23H27N3O4. The Morgan fingerprint density at radius 1 is 1.00 bits per heavy atom. The van der Waals surface area contributed by atoms with E-state index in [1.165, 1.54) is 0 Å². The van der Waals surface area contributed by atoms with Crippen LogP contribution in [0.15, 0.2) is 48.5 Å². The number of aryl methyl sites for hydroxylation is 2. The topological polar surface area (TPSA) is 87.7 Å². The lowest BCUT2D eigenvalue weighted by molar-refractivity contribution is -0.136. The molecule has 1 saturated heterocycles. The Balaban J connectivity index is 1.40. The fourth-order valence-electron chi connectivity index (χ4n) is 3.42. The molecule has 0 aromatic heterocycles. The highest BCUT2D eigenvalue weighted by Gasteiger charge is 2.25. The van der Waals surface area contributed by atoms with E-state index in [4.69, 9.17) is 4.74 Å². The summed E-state index contributed by atoms with van der Waals surface area (Å²) in [4.78, 5) is 38.2. The van der Waals surface area contributed by atoms with Crippen LogP contribution in [0.5, 0.6) is 5.75 Å². The number of anilines is 1. The Bertz CT molecular complexity index is 906. The standard InChI is InChI=1S/C23H27N3O4/c1-16-8-9-20(17(2)14-16)25-22(28)21(27)24-15-18-10-12-26(13-11-18)23(29)30-19-6-4-3-5-7-19/h3-9,14,18H,10-13,15H2,1-2H3,(H,24,27)(H,25,28). The van der Waals surface area contributed by atoms with Crippen LogP contribution < -0.4 is 15.4 Å². The van der Waals surface area contributed by atoms with Crippen molar-refractivity contribution in [3.8, 4) is 5.75 Å². The number of carbonyl (C=O) groups is 3. The van der Waals surface area contributed by atoms with Gasteiger partial charge in [-0.1, -0.05) is 35.9 Å². The summed E-state index contributed by atoms with van der Waals surface area (Å²) in [5, 5.41) is 5.35. The number of piperidine rings is 1. The molecular weight excluding hydrogens is 382 g/mol. The quantitative estimate of drug-likeness (QED) is 0.759. The lowest BCUT2D eigenvalue weighted by Crippen LogP contribution is -2.44. The van der Waals surface area contributed by atoms with E-state index in [-0.39, 0.29) is 12.0 Å². The van der Waals surface area contributed by atoms with E-state index in [0.717, 1.165) is 24.0 Å². The van der Waals surface area contributed by atoms with E-state index in [0.29, 0.717) is 31.1 Å². The molecule has 1 aliphatic heterocycles. The van der Waals surface area contributed by atoms with Crippen molar-refractivity contribution >= 4 is 23.6 Å².